The summed E-state index contributed by atoms with van der Waals surface area (Å²) >= 11 is 0. The summed E-state index contributed by atoms with van der Waals surface area (Å²) in [6.07, 6.45) is 4.66. The second-order valence-electron chi connectivity index (χ2n) is 8.53. The summed E-state index contributed by atoms with van der Waals surface area (Å²) in [5.41, 5.74) is 2.41. The van der Waals surface area contributed by atoms with Gasteiger partial charge in [-0.1, -0.05) is 42.5 Å². The zero-order valence-electron chi connectivity index (χ0n) is 19.3. The van der Waals surface area contributed by atoms with Gasteiger partial charge in [0.15, 0.2) is 0 Å². The smallest absolute Gasteiger partial charge is 0.317 e. The Bertz CT molecular complexity index is 846. The molecule has 0 radical (unpaired) electrons. The predicted molar refractivity (Wildman–Crippen MR) is 127 cm³/mol. The standard InChI is InChI=1S/C26H35N3O3/c1-28(20-23-6-4-3-5-7-23)26(31)27-17-14-25(30)29-18-15-22(16-19-29)9-8-21-10-12-24(32-2)13-11-21/h3-7,10-13,22H,8-9,14-20H2,1-2H3,(H,27,31). The van der Waals surface area contributed by atoms with Crippen molar-refractivity contribution in [2.45, 2.75) is 38.6 Å². The first-order valence-corrected chi connectivity index (χ1v) is 11.5. The topological polar surface area (TPSA) is 61.9 Å². The number of urea groups is 1. The van der Waals surface area contributed by atoms with Crippen LogP contribution in [0.25, 0.3) is 0 Å². The van der Waals surface area contributed by atoms with Crippen molar-refractivity contribution in [1.29, 1.82) is 0 Å². The molecule has 0 aliphatic carbocycles. The van der Waals surface area contributed by atoms with E-state index in [9.17, 15) is 9.59 Å². The Balaban J connectivity index is 1.30. The third kappa shape index (κ3) is 7.29. The van der Waals surface area contributed by atoms with Gasteiger partial charge < -0.3 is 19.9 Å². The van der Waals surface area contributed by atoms with E-state index in [0.29, 0.717) is 25.4 Å². The molecule has 1 heterocycles. The Hall–Kier alpha value is -3.02. The lowest BCUT2D eigenvalue weighted by Crippen LogP contribution is -2.42. The van der Waals surface area contributed by atoms with E-state index in [4.69, 9.17) is 4.74 Å². The van der Waals surface area contributed by atoms with E-state index in [1.54, 1.807) is 19.1 Å². The highest BCUT2D eigenvalue weighted by atomic mass is 16.5. The zero-order valence-corrected chi connectivity index (χ0v) is 19.3. The molecule has 32 heavy (non-hydrogen) atoms. The van der Waals surface area contributed by atoms with E-state index in [1.165, 1.54) is 5.56 Å². The average molecular weight is 438 g/mol. The molecule has 2 aromatic carbocycles. The van der Waals surface area contributed by atoms with Crippen molar-refractivity contribution in [3.05, 3.63) is 65.7 Å². The Morgan fingerprint density at radius 3 is 2.38 bits per heavy atom. The highest BCUT2D eigenvalue weighted by molar-refractivity contribution is 5.78. The number of carbonyl (C=O) groups excluding carboxylic acids is 2. The fourth-order valence-electron chi connectivity index (χ4n) is 4.13. The number of hydrogen-bond donors (Lipinski definition) is 1. The summed E-state index contributed by atoms with van der Waals surface area (Å²) in [6, 6.07) is 18.0. The van der Waals surface area contributed by atoms with Crippen LogP contribution in [0.2, 0.25) is 0 Å². The lowest BCUT2D eigenvalue weighted by Gasteiger charge is -2.32. The monoisotopic (exact) mass is 437 g/mol. The zero-order chi connectivity index (χ0) is 22.8. The minimum Gasteiger partial charge on any atom is -0.497 e. The molecule has 6 nitrogen and oxygen atoms in total. The van der Waals surface area contributed by atoms with Crippen molar-refractivity contribution in [3.8, 4) is 5.75 Å². The van der Waals surface area contributed by atoms with Crippen LogP contribution in [0.5, 0.6) is 5.75 Å². The summed E-state index contributed by atoms with van der Waals surface area (Å²) in [5, 5.41) is 2.86. The first-order chi connectivity index (χ1) is 15.5. The van der Waals surface area contributed by atoms with Crippen LogP contribution in [0, 0.1) is 5.92 Å². The molecule has 1 aliphatic heterocycles. The molecule has 172 valence electrons. The van der Waals surface area contributed by atoms with Crippen molar-refractivity contribution in [2.75, 3.05) is 33.8 Å². The molecule has 0 spiro atoms. The van der Waals surface area contributed by atoms with E-state index < -0.39 is 0 Å². The largest absolute Gasteiger partial charge is 0.497 e. The van der Waals surface area contributed by atoms with Crippen LogP contribution in [0.15, 0.2) is 54.6 Å². The van der Waals surface area contributed by atoms with Gasteiger partial charge in [-0.05, 0) is 54.9 Å². The predicted octanol–water partition coefficient (Wildman–Crippen LogP) is 4.10. The maximum absolute atomic E-state index is 12.5. The third-order valence-corrected chi connectivity index (χ3v) is 6.19. The molecule has 0 bridgehead atoms. The van der Waals surface area contributed by atoms with Crippen molar-refractivity contribution in [3.63, 3.8) is 0 Å². The van der Waals surface area contributed by atoms with E-state index >= 15 is 0 Å². The summed E-state index contributed by atoms with van der Waals surface area (Å²) < 4.78 is 5.21. The van der Waals surface area contributed by atoms with Gasteiger partial charge in [0.25, 0.3) is 0 Å². The first-order valence-electron chi connectivity index (χ1n) is 11.5. The number of methoxy groups -OCH3 is 1. The number of amides is 3. The fourth-order valence-corrected chi connectivity index (χ4v) is 4.13. The summed E-state index contributed by atoms with van der Waals surface area (Å²) in [6.45, 7) is 2.54. The molecule has 0 atom stereocenters. The first kappa shape index (κ1) is 23.6. The molecule has 0 unspecified atom stereocenters. The highest BCUT2D eigenvalue weighted by Gasteiger charge is 2.22. The number of ether oxygens (including phenoxy) is 1. The van der Waals surface area contributed by atoms with Gasteiger partial charge in [-0.25, -0.2) is 4.79 Å². The van der Waals surface area contributed by atoms with Crippen molar-refractivity contribution in [1.82, 2.24) is 15.1 Å². The van der Waals surface area contributed by atoms with Crippen LogP contribution < -0.4 is 10.1 Å². The minimum atomic E-state index is -0.154. The molecule has 6 heteroatoms. The van der Waals surface area contributed by atoms with Crippen LogP contribution in [0.1, 0.15) is 36.8 Å². The van der Waals surface area contributed by atoms with Gasteiger partial charge in [-0.2, -0.15) is 0 Å². The molecule has 3 rings (SSSR count). The van der Waals surface area contributed by atoms with E-state index in [2.05, 4.69) is 17.4 Å². The SMILES string of the molecule is COc1ccc(CCC2CCN(C(=O)CCNC(=O)N(C)Cc3ccccc3)CC2)cc1. The van der Waals surface area contributed by atoms with Gasteiger partial charge in [0, 0.05) is 39.6 Å². The Morgan fingerprint density at radius 2 is 1.72 bits per heavy atom. The maximum Gasteiger partial charge on any atom is 0.317 e. The van der Waals surface area contributed by atoms with Crippen molar-refractivity contribution < 1.29 is 14.3 Å². The molecule has 1 fully saturated rings. The molecule has 1 N–H and O–H groups in total. The van der Waals surface area contributed by atoms with Crippen LogP contribution in [-0.2, 0) is 17.8 Å². The van der Waals surface area contributed by atoms with Crippen molar-refractivity contribution in [2.24, 2.45) is 5.92 Å². The number of nitrogens with one attached hydrogen (secondary N) is 1. The lowest BCUT2D eigenvalue weighted by atomic mass is 9.90. The molecule has 3 amide bonds. The maximum atomic E-state index is 12.5. The average Bonchev–Trinajstić information content (AvgIpc) is 2.83. The number of nitrogens with zero attached hydrogens (tertiary/aromatic N) is 2. The third-order valence-electron chi connectivity index (χ3n) is 6.19. The number of carbonyl (C=O) groups is 2. The number of rotatable bonds is 9. The van der Waals surface area contributed by atoms with Gasteiger partial charge in [0.05, 0.1) is 7.11 Å². The van der Waals surface area contributed by atoms with Crippen LogP contribution in [0.3, 0.4) is 0 Å². The quantitative estimate of drug-likeness (QED) is 0.643. The number of piperidine rings is 1. The molecule has 0 saturated carbocycles. The number of hydrogen-bond acceptors (Lipinski definition) is 3. The van der Waals surface area contributed by atoms with E-state index in [1.807, 2.05) is 47.4 Å². The minimum absolute atomic E-state index is 0.129. The van der Waals surface area contributed by atoms with Gasteiger partial charge in [-0.3, -0.25) is 4.79 Å². The van der Waals surface area contributed by atoms with E-state index in [0.717, 1.165) is 50.1 Å². The summed E-state index contributed by atoms with van der Waals surface area (Å²) in [4.78, 5) is 28.4. The molecular weight excluding hydrogens is 402 g/mol. The molecule has 1 aliphatic rings. The normalized spacial score (nSPS) is 14.1. The van der Waals surface area contributed by atoms with Crippen LogP contribution in [-0.4, -0.2) is 55.5 Å². The van der Waals surface area contributed by atoms with Crippen molar-refractivity contribution >= 4 is 11.9 Å². The Labute approximate surface area is 191 Å². The molecular formula is C26H35N3O3. The second kappa shape index (κ2) is 12.1. The molecule has 2 aromatic rings. The van der Waals surface area contributed by atoms with Gasteiger partial charge in [0.1, 0.15) is 5.75 Å². The number of benzene rings is 2. The number of aryl methyl sites for hydroxylation is 1. The summed E-state index contributed by atoms with van der Waals surface area (Å²) in [7, 11) is 3.45. The second-order valence-corrected chi connectivity index (χ2v) is 8.53. The molecule has 0 aromatic heterocycles. The van der Waals surface area contributed by atoms with Gasteiger partial charge >= 0.3 is 6.03 Å². The Kier molecular flexibility index (Phi) is 8.96. The highest BCUT2D eigenvalue weighted by Crippen LogP contribution is 2.23. The summed E-state index contributed by atoms with van der Waals surface area (Å²) in [5.74, 6) is 1.68. The fraction of sp³-hybridized carbons (Fsp3) is 0.462. The lowest BCUT2D eigenvalue weighted by molar-refractivity contribution is -0.132. The van der Waals surface area contributed by atoms with Gasteiger partial charge in [0.2, 0.25) is 5.91 Å². The van der Waals surface area contributed by atoms with E-state index in [-0.39, 0.29) is 11.9 Å². The number of likely N-dealkylation sites (tertiary alicyclic amines) is 1. The van der Waals surface area contributed by atoms with Gasteiger partial charge in [-0.15, -0.1) is 0 Å². The van der Waals surface area contributed by atoms with Crippen LogP contribution >= 0.6 is 0 Å². The molecule has 1 saturated heterocycles. The van der Waals surface area contributed by atoms with Crippen LogP contribution in [0.4, 0.5) is 4.79 Å². The Morgan fingerprint density at radius 1 is 1.03 bits per heavy atom.